The summed E-state index contributed by atoms with van der Waals surface area (Å²) in [4.78, 5) is -0.133. The molecule has 0 fully saturated rings. The molecule has 0 saturated carbocycles. The molecule has 2 N–H and O–H groups in total. The third-order valence-electron chi connectivity index (χ3n) is 3.12. The topological polar surface area (TPSA) is 135 Å². The predicted octanol–water partition coefficient (Wildman–Crippen LogP) is 2.96. The number of hydrogen-bond donors (Lipinski definition) is 2. The maximum absolute atomic E-state index is 10.5. The molecular formula is C18H20N2O6S2. The Morgan fingerprint density at radius 3 is 1.07 bits per heavy atom. The summed E-state index contributed by atoms with van der Waals surface area (Å²) in [6, 6.07) is 15.6. The molecule has 3 aromatic rings. The number of rotatable bonds is 2. The van der Waals surface area contributed by atoms with Gasteiger partial charge in [0.2, 0.25) is 0 Å². The number of hydrogen-bond acceptors (Lipinski definition) is 6. The van der Waals surface area contributed by atoms with E-state index < -0.39 is 20.2 Å². The summed E-state index contributed by atoms with van der Waals surface area (Å²) in [5, 5.41) is 7.07. The molecule has 28 heavy (non-hydrogen) atoms. The Labute approximate surface area is 164 Å². The first kappa shape index (κ1) is 23.4. The molecule has 0 radical (unpaired) electrons. The molecule has 150 valence electrons. The van der Waals surface area contributed by atoms with Crippen molar-refractivity contribution in [3.05, 3.63) is 84.2 Å². The van der Waals surface area contributed by atoms with Crippen molar-refractivity contribution in [3.63, 3.8) is 0 Å². The highest BCUT2D eigenvalue weighted by molar-refractivity contribution is 7.86. The van der Waals surface area contributed by atoms with E-state index in [1.165, 1.54) is 24.3 Å². The van der Waals surface area contributed by atoms with E-state index in [-0.39, 0.29) is 9.79 Å². The van der Waals surface area contributed by atoms with Gasteiger partial charge in [-0.05, 0) is 50.2 Å². The summed E-state index contributed by atoms with van der Waals surface area (Å²) >= 11 is 0. The van der Waals surface area contributed by atoms with Gasteiger partial charge in [-0.25, -0.2) is 0 Å². The zero-order chi connectivity index (χ0) is 21.2. The maximum Gasteiger partial charge on any atom is 0.294 e. The zero-order valence-electron chi connectivity index (χ0n) is 15.2. The molecule has 8 nitrogen and oxygen atoms in total. The van der Waals surface area contributed by atoms with Crippen LogP contribution in [0.5, 0.6) is 0 Å². The number of benzene rings is 2. The second kappa shape index (κ2) is 10.6. The minimum Gasteiger partial charge on any atom is -0.282 e. The molecule has 0 spiro atoms. The van der Waals surface area contributed by atoms with Crippen molar-refractivity contribution in [1.29, 1.82) is 0 Å². The number of aryl methyl sites for hydroxylation is 2. The molecule has 1 heterocycles. The molecule has 0 aliphatic rings. The van der Waals surface area contributed by atoms with Crippen LogP contribution in [0.25, 0.3) is 0 Å². The van der Waals surface area contributed by atoms with E-state index in [1.807, 2.05) is 26.0 Å². The first-order valence-electron chi connectivity index (χ1n) is 7.80. The highest BCUT2D eigenvalue weighted by Crippen LogP contribution is 2.09. The van der Waals surface area contributed by atoms with Gasteiger partial charge in [0.05, 0.1) is 9.79 Å². The number of nitrogens with zero attached hydrogens (tertiary/aromatic N) is 2. The van der Waals surface area contributed by atoms with Crippen LogP contribution in [-0.4, -0.2) is 36.1 Å². The summed E-state index contributed by atoms with van der Waals surface area (Å²) in [6.45, 7) is 3.68. The Kier molecular flexibility index (Phi) is 8.86. The van der Waals surface area contributed by atoms with Crippen LogP contribution in [-0.2, 0) is 20.2 Å². The second-order valence-electron chi connectivity index (χ2n) is 5.49. The normalized spacial score (nSPS) is 10.7. The van der Waals surface area contributed by atoms with Crippen LogP contribution in [0.2, 0.25) is 0 Å². The van der Waals surface area contributed by atoms with Gasteiger partial charge in [-0.15, -0.1) is 0 Å². The van der Waals surface area contributed by atoms with Crippen molar-refractivity contribution in [1.82, 2.24) is 10.2 Å². The standard InChI is InChI=1S/2C7H8O3S.C4H4N2/c2*1-6-2-4-7(5-3-6)11(8,9)10;1-2-4-6-5-3-1/h2*2-5H,1H3,(H,8,9,10);1-4H. The van der Waals surface area contributed by atoms with E-state index in [0.29, 0.717) is 0 Å². The van der Waals surface area contributed by atoms with Gasteiger partial charge in [0.25, 0.3) is 20.2 Å². The first-order valence-corrected chi connectivity index (χ1v) is 10.7. The van der Waals surface area contributed by atoms with E-state index in [2.05, 4.69) is 10.2 Å². The average Bonchev–Trinajstić information content (AvgIpc) is 2.63. The van der Waals surface area contributed by atoms with Crippen LogP contribution in [0, 0.1) is 13.8 Å². The molecular weight excluding hydrogens is 404 g/mol. The summed E-state index contributed by atoms with van der Waals surface area (Å²) in [6.07, 6.45) is 3.28. The van der Waals surface area contributed by atoms with E-state index in [1.54, 1.807) is 36.7 Å². The highest BCUT2D eigenvalue weighted by Gasteiger charge is 2.07. The van der Waals surface area contributed by atoms with Gasteiger partial charge in [-0.3, -0.25) is 9.11 Å². The van der Waals surface area contributed by atoms with Gasteiger partial charge in [-0.1, -0.05) is 35.4 Å². The second-order valence-corrected chi connectivity index (χ2v) is 8.33. The van der Waals surface area contributed by atoms with Crippen LogP contribution in [0.1, 0.15) is 11.1 Å². The quantitative estimate of drug-likeness (QED) is 0.600. The van der Waals surface area contributed by atoms with Gasteiger partial charge in [0.1, 0.15) is 0 Å². The fourth-order valence-corrected chi connectivity index (χ4v) is 2.63. The smallest absolute Gasteiger partial charge is 0.282 e. The van der Waals surface area contributed by atoms with E-state index in [0.717, 1.165) is 11.1 Å². The molecule has 0 aliphatic heterocycles. The molecule has 3 rings (SSSR count). The van der Waals surface area contributed by atoms with Crippen molar-refractivity contribution in [2.24, 2.45) is 0 Å². The lowest BCUT2D eigenvalue weighted by molar-refractivity contribution is 0.481. The van der Waals surface area contributed by atoms with Crippen LogP contribution in [0.3, 0.4) is 0 Å². The lowest BCUT2D eigenvalue weighted by atomic mass is 10.2. The van der Waals surface area contributed by atoms with Crippen LogP contribution in [0.15, 0.2) is 82.8 Å². The van der Waals surface area contributed by atoms with Crippen LogP contribution >= 0.6 is 0 Å². The Morgan fingerprint density at radius 2 is 0.893 bits per heavy atom. The molecule has 0 saturated heterocycles. The summed E-state index contributed by atoms with van der Waals surface area (Å²) < 4.78 is 59.1. The zero-order valence-corrected chi connectivity index (χ0v) is 16.8. The molecule has 2 aromatic carbocycles. The van der Waals surface area contributed by atoms with Gasteiger partial charge in [0.15, 0.2) is 0 Å². The largest absolute Gasteiger partial charge is 0.294 e. The molecule has 0 aliphatic carbocycles. The Morgan fingerprint density at radius 1 is 0.607 bits per heavy atom. The molecule has 0 atom stereocenters. The van der Waals surface area contributed by atoms with E-state index in [9.17, 15) is 16.8 Å². The summed E-state index contributed by atoms with van der Waals surface area (Å²) in [5.41, 5.74) is 1.91. The van der Waals surface area contributed by atoms with Gasteiger partial charge in [-0.2, -0.15) is 27.0 Å². The summed E-state index contributed by atoms with van der Waals surface area (Å²) in [7, 11) is -8.04. The summed E-state index contributed by atoms with van der Waals surface area (Å²) in [5.74, 6) is 0. The molecule has 0 unspecified atom stereocenters. The van der Waals surface area contributed by atoms with Gasteiger partial charge in [0, 0.05) is 12.4 Å². The van der Waals surface area contributed by atoms with Crippen molar-refractivity contribution in [2.45, 2.75) is 23.6 Å². The van der Waals surface area contributed by atoms with Crippen molar-refractivity contribution in [2.75, 3.05) is 0 Å². The average molecular weight is 425 g/mol. The van der Waals surface area contributed by atoms with Crippen molar-refractivity contribution < 1.29 is 25.9 Å². The van der Waals surface area contributed by atoms with Crippen LogP contribution in [0.4, 0.5) is 0 Å². The first-order chi connectivity index (χ1) is 13.0. The molecule has 10 heteroatoms. The van der Waals surface area contributed by atoms with Crippen LogP contribution < -0.4 is 0 Å². The monoisotopic (exact) mass is 424 g/mol. The molecule has 0 amide bonds. The Hall–Kier alpha value is -2.66. The van der Waals surface area contributed by atoms with Crippen molar-refractivity contribution >= 4 is 20.2 Å². The van der Waals surface area contributed by atoms with Gasteiger partial charge < -0.3 is 0 Å². The Balaban J connectivity index is 0.000000219. The minimum absolute atomic E-state index is 0.0666. The lowest BCUT2D eigenvalue weighted by Crippen LogP contribution is -1.96. The highest BCUT2D eigenvalue weighted by atomic mass is 32.2. The number of aromatic nitrogens is 2. The van der Waals surface area contributed by atoms with E-state index >= 15 is 0 Å². The maximum atomic E-state index is 10.5. The lowest BCUT2D eigenvalue weighted by Gasteiger charge is -1.95. The molecule has 0 bridgehead atoms. The van der Waals surface area contributed by atoms with Crippen molar-refractivity contribution in [3.8, 4) is 0 Å². The Bertz CT molecular complexity index is 951. The SMILES string of the molecule is Cc1ccc(S(=O)(=O)O)cc1.Cc1ccc(S(=O)(=O)O)cc1.c1ccnnc1. The molecule has 1 aromatic heterocycles. The fourth-order valence-electron chi connectivity index (χ4n) is 1.67. The fraction of sp³-hybridized carbons (Fsp3) is 0.111. The third kappa shape index (κ3) is 9.33. The van der Waals surface area contributed by atoms with Gasteiger partial charge >= 0.3 is 0 Å². The van der Waals surface area contributed by atoms with E-state index in [4.69, 9.17) is 9.11 Å². The third-order valence-corrected chi connectivity index (χ3v) is 4.86. The minimum atomic E-state index is -4.02. The predicted molar refractivity (Wildman–Crippen MR) is 104 cm³/mol.